The lowest BCUT2D eigenvalue weighted by Crippen LogP contribution is -2.27. The second-order valence-electron chi connectivity index (χ2n) is 4.28. The minimum absolute atomic E-state index is 0.165. The van der Waals surface area contributed by atoms with Crippen molar-refractivity contribution in [2.45, 2.75) is 6.18 Å². The smallest absolute Gasteiger partial charge is 0.419 e. The van der Waals surface area contributed by atoms with Crippen LogP contribution in [0.1, 0.15) is 16.1 Å². The Morgan fingerprint density at radius 3 is 2.76 bits per heavy atom. The molecule has 110 valence electrons. The normalized spacial score (nSPS) is 14.5. The van der Waals surface area contributed by atoms with Crippen LogP contribution in [0.5, 0.6) is 5.75 Å². The lowest BCUT2D eigenvalue weighted by Gasteiger charge is -2.19. The second-order valence-corrected chi connectivity index (χ2v) is 4.28. The summed E-state index contributed by atoms with van der Waals surface area (Å²) in [6.07, 6.45) is -3.78. The summed E-state index contributed by atoms with van der Waals surface area (Å²) in [7, 11) is 0. The Kier molecular flexibility index (Phi) is 2.58. The Morgan fingerprint density at radius 1 is 1.43 bits per heavy atom. The van der Waals surface area contributed by atoms with Crippen LogP contribution in [-0.2, 0) is 11.0 Å². The number of amides is 1. The number of ether oxygens (including phenoxy) is 1. The van der Waals surface area contributed by atoms with Crippen LogP contribution in [0, 0.1) is 0 Å². The fraction of sp³-hybridized carbons (Fsp3) is 0.182. The number of carbonyl (C=O) groups excluding carboxylic acids is 2. The maximum absolute atomic E-state index is 13.1. The van der Waals surface area contributed by atoms with Gasteiger partial charge in [-0.2, -0.15) is 13.2 Å². The number of H-pyrrole nitrogens is 1. The van der Waals surface area contributed by atoms with E-state index in [1.165, 1.54) is 0 Å². The number of anilines is 1. The average Bonchev–Trinajstić information content (AvgIpc) is 2.81. The van der Waals surface area contributed by atoms with E-state index in [1.807, 2.05) is 0 Å². The van der Waals surface area contributed by atoms with Crippen molar-refractivity contribution in [1.82, 2.24) is 9.97 Å². The van der Waals surface area contributed by atoms with Crippen LogP contribution >= 0.6 is 0 Å². The van der Waals surface area contributed by atoms with E-state index in [2.05, 4.69) is 15.3 Å². The minimum atomic E-state index is -4.80. The third-order valence-corrected chi connectivity index (χ3v) is 2.93. The summed E-state index contributed by atoms with van der Waals surface area (Å²) in [6, 6.07) is 0. The van der Waals surface area contributed by atoms with Gasteiger partial charge < -0.3 is 20.8 Å². The SMILES string of the molecule is NC(=O)c1c[nH]c2c3c(nc(C(F)(F)F)c12)NCC(=O)O3. The third-order valence-electron chi connectivity index (χ3n) is 2.93. The number of alkyl halides is 3. The van der Waals surface area contributed by atoms with Crippen molar-refractivity contribution in [2.24, 2.45) is 5.73 Å². The van der Waals surface area contributed by atoms with Gasteiger partial charge >= 0.3 is 12.1 Å². The van der Waals surface area contributed by atoms with Crippen molar-refractivity contribution in [2.75, 3.05) is 11.9 Å². The molecule has 3 heterocycles. The molecular formula is C11H7F3N4O3. The largest absolute Gasteiger partial charge is 0.434 e. The maximum atomic E-state index is 13.1. The summed E-state index contributed by atoms with van der Waals surface area (Å²) < 4.78 is 44.3. The predicted molar refractivity (Wildman–Crippen MR) is 63.7 cm³/mol. The summed E-state index contributed by atoms with van der Waals surface area (Å²) >= 11 is 0. The van der Waals surface area contributed by atoms with Gasteiger partial charge in [0.15, 0.2) is 17.3 Å². The van der Waals surface area contributed by atoms with Gasteiger partial charge in [-0.15, -0.1) is 0 Å². The molecule has 1 aliphatic rings. The molecule has 4 N–H and O–H groups in total. The molecule has 0 fully saturated rings. The molecule has 1 aliphatic heterocycles. The first kappa shape index (κ1) is 13.2. The van der Waals surface area contributed by atoms with Gasteiger partial charge in [0.05, 0.1) is 11.1 Å². The zero-order chi connectivity index (χ0) is 15.4. The Balaban J connectivity index is 2.41. The number of halogens is 3. The highest BCUT2D eigenvalue weighted by atomic mass is 19.4. The quantitative estimate of drug-likeness (QED) is 0.681. The molecule has 10 heteroatoms. The Labute approximate surface area is 114 Å². The van der Waals surface area contributed by atoms with Gasteiger partial charge in [0.2, 0.25) is 0 Å². The molecule has 2 aromatic heterocycles. The number of rotatable bonds is 1. The van der Waals surface area contributed by atoms with E-state index in [-0.39, 0.29) is 29.2 Å². The lowest BCUT2D eigenvalue weighted by molar-refractivity contribution is -0.139. The summed E-state index contributed by atoms with van der Waals surface area (Å²) in [5.41, 5.74) is 3.24. The van der Waals surface area contributed by atoms with Gasteiger partial charge in [-0.05, 0) is 0 Å². The molecule has 0 aliphatic carbocycles. The fourth-order valence-corrected chi connectivity index (χ4v) is 2.11. The summed E-state index contributed by atoms with van der Waals surface area (Å²) in [4.78, 5) is 28.4. The first-order valence-corrected chi connectivity index (χ1v) is 5.65. The molecule has 0 aromatic carbocycles. The van der Waals surface area contributed by atoms with E-state index in [0.717, 1.165) is 6.20 Å². The molecule has 0 unspecified atom stereocenters. The van der Waals surface area contributed by atoms with Crippen LogP contribution in [-0.4, -0.2) is 28.4 Å². The van der Waals surface area contributed by atoms with Gasteiger partial charge in [0, 0.05) is 11.6 Å². The molecule has 1 amide bonds. The molecule has 0 atom stereocenters. The van der Waals surface area contributed by atoms with E-state index in [1.54, 1.807) is 0 Å². The van der Waals surface area contributed by atoms with Gasteiger partial charge in [0.25, 0.3) is 5.91 Å². The van der Waals surface area contributed by atoms with Crippen molar-refractivity contribution in [3.05, 3.63) is 17.5 Å². The molecule has 7 nitrogen and oxygen atoms in total. The highest BCUT2D eigenvalue weighted by molar-refractivity contribution is 6.10. The number of aromatic amines is 1. The fourth-order valence-electron chi connectivity index (χ4n) is 2.11. The molecule has 0 radical (unpaired) electrons. The molecule has 0 saturated heterocycles. The van der Waals surface area contributed by atoms with Crippen molar-refractivity contribution in [1.29, 1.82) is 0 Å². The van der Waals surface area contributed by atoms with Crippen molar-refractivity contribution >= 4 is 28.6 Å². The number of hydrogen-bond acceptors (Lipinski definition) is 5. The second kappa shape index (κ2) is 4.11. The molecular weight excluding hydrogens is 293 g/mol. The van der Waals surface area contributed by atoms with Crippen molar-refractivity contribution in [3.63, 3.8) is 0 Å². The van der Waals surface area contributed by atoms with Gasteiger partial charge in [-0.1, -0.05) is 0 Å². The first-order chi connectivity index (χ1) is 9.79. The molecule has 3 rings (SSSR count). The summed E-state index contributed by atoms with van der Waals surface area (Å²) in [5, 5.41) is 1.91. The van der Waals surface area contributed by atoms with Crippen LogP contribution in [0.25, 0.3) is 10.9 Å². The number of hydrogen-bond donors (Lipinski definition) is 3. The van der Waals surface area contributed by atoms with Crippen LogP contribution in [0.2, 0.25) is 0 Å². The number of carbonyl (C=O) groups is 2. The van der Waals surface area contributed by atoms with Crippen molar-refractivity contribution in [3.8, 4) is 5.75 Å². The first-order valence-electron chi connectivity index (χ1n) is 5.65. The lowest BCUT2D eigenvalue weighted by atomic mass is 10.1. The summed E-state index contributed by atoms with van der Waals surface area (Å²) in [5.74, 6) is -2.15. The molecule has 0 spiro atoms. The topological polar surface area (TPSA) is 110 Å². The zero-order valence-electron chi connectivity index (χ0n) is 10.2. The van der Waals surface area contributed by atoms with E-state index < -0.39 is 29.1 Å². The molecule has 0 saturated carbocycles. The maximum Gasteiger partial charge on any atom is 0.434 e. The van der Waals surface area contributed by atoms with E-state index >= 15 is 0 Å². The third kappa shape index (κ3) is 1.95. The van der Waals surface area contributed by atoms with E-state index in [4.69, 9.17) is 10.5 Å². The molecule has 21 heavy (non-hydrogen) atoms. The van der Waals surface area contributed by atoms with Gasteiger partial charge in [-0.25, -0.2) is 9.78 Å². The molecule has 2 aromatic rings. The number of nitrogens with zero attached hydrogens (tertiary/aromatic N) is 1. The number of pyridine rings is 1. The number of aromatic nitrogens is 2. The highest BCUT2D eigenvalue weighted by Crippen LogP contribution is 2.42. The number of primary amides is 1. The molecule has 0 bridgehead atoms. The Morgan fingerprint density at radius 2 is 2.14 bits per heavy atom. The monoisotopic (exact) mass is 300 g/mol. The number of fused-ring (bicyclic) bond motifs is 3. The van der Waals surface area contributed by atoms with E-state index in [0.29, 0.717) is 0 Å². The number of nitrogens with one attached hydrogen (secondary N) is 2. The van der Waals surface area contributed by atoms with Crippen LogP contribution < -0.4 is 15.8 Å². The standard InChI is InChI=1S/C11H7F3N4O3/c12-11(13,14)8-5-3(9(15)20)1-16-6(5)7-10(18-8)17-2-4(19)21-7/h1,16H,2H2,(H2,15,20)(H,17,18). The predicted octanol–water partition coefficient (Wildman–Crippen LogP) is 1.01. The van der Waals surface area contributed by atoms with Crippen molar-refractivity contribution < 1.29 is 27.5 Å². The van der Waals surface area contributed by atoms with Gasteiger partial charge in [-0.3, -0.25) is 4.79 Å². The van der Waals surface area contributed by atoms with Crippen LogP contribution in [0.15, 0.2) is 6.20 Å². The van der Waals surface area contributed by atoms with E-state index in [9.17, 15) is 22.8 Å². The number of esters is 1. The highest BCUT2D eigenvalue weighted by Gasteiger charge is 2.39. The zero-order valence-corrected chi connectivity index (χ0v) is 10.2. The Bertz CT molecular complexity index is 781. The number of nitrogens with two attached hydrogens (primary N) is 1. The summed E-state index contributed by atoms with van der Waals surface area (Å²) in [6.45, 7) is -0.299. The van der Waals surface area contributed by atoms with Crippen LogP contribution in [0.4, 0.5) is 19.0 Å². The van der Waals surface area contributed by atoms with Crippen LogP contribution in [0.3, 0.4) is 0 Å². The Hall–Kier alpha value is -2.78. The average molecular weight is 300 g/mol. The minimum Gasteiger partial charge on any atom is -0.419 e. The van der Waals surface area contributed by atoms with Gasteiger partial charge in [0.1, 0.15) is 6.54 Å².